The summed E-state index contributed by atoms with van der Waals surface area (Å²) in [4.78, 5) is 2.57. The Morgan fingerprint density at radius 1 is 1.25 bits per heavy atom. The highest BCUT2D eigenvalue weighted by molar-refractivity contribution is 4.92. The second-order valence-electron chi connectivity index (χ2n) is 6.13. The fourth-order valence-corrected chi connectivity index (χ4v) is 3.35. The van der Waals surface area contributed by atoms with E-state index in [-0.39, 0.29) is 5.60 Å². The number of morpholine rings is 1. The van der Waals surface area contributed by atoms with E-state index in [1.807, 2.05) is 0 Å². The number of ether oxygens (including phenoxy) is 1. The Bertz CT molecular complexity index is 242. The third kappa shape index (κ3) is 2.76. The molecule has 1 heterocycles. The minimum absolute atomic E-state index is 0.0190. The molecule has 2 rings (SSSR count). The number of nitrogens with two attached hydrogens (primary N) is 1. The Hall–Kier alpha value is -0.120. The highest BCUT2D eigenvalue weighted by Crippen LogP contribution is 2.28. The molecule has 3 heteroatoms. The SMILES string of the molecule is CC1CN(C2CCCCC2N)CC(C)(C)O1. The van der Waals surface area contributed by atoms with E-state index in [4.69, 9.17) is 10.5 Å². The van der Waals surface area contributed by atoms with Gasteiger partial charge in [-0.05, 0) is 33.6 Å². The van der Waals surface area contributed by atoms with Crippen LogP contribution in [0.1, 0.15) is 46.5 Å². The molecule has 0 bridgehead atoms. The van der Waals surface area contributed by atoms with Gasteiger partial charge in [-0.2, -0.15) is 0 Å². The van der Waals surface area contributed by atoms with E-state index >= 15 is 0 Å². The summed E-state index contributed by atoms with van der Waals surface area (Å²) in [5.74, 6) is 0. The van der Waals surface area contributed by atoms with Crippen LogP contribution in [0.5, 0.6) is 0 Å². The van der Waals surface area contributed by atoms with Crippen LogP contribution >= 0.6 is 0 Å². The van der Waals surface area contributed by atoms with Crippen molar-refractivity contribution >= 4 is 0 Å². The summed E-state index contributed by atoms with van der Waals surface area (Å²) in [7, 11) is 0. The van der Waals surface area contributed by atoms with Gasteiger partial charge in [0.15, 0.2) is 0 Å². The summed E-state index contributed by atoms with van der Waals surface area (Å²) in [6, 6.07) is 0.953. The molecule has 1 aliphatic carbocycles. The number of nitrogens with zero attached hydrogens (tertiary/aromatic N) is 1. The second kappa shape index (κ2) is 4.63. The summed E-state index contributed by atoms with van der Waals surface area (Å²) in [6.07, 6.45) is 5.43. The number of rotatable bonds is 1. The minimum atomic E-state index is -0.0190. The van der Waals surface area contributed by atoms with Gasteiger partial charge in [0.2, 0.25) is 0 Å². The lowest BCUT2D eigenvalue weighted by molar-refractivity contribution is -0.141. The standard InChI is InChI=1S/C13H26N2O/c1-10-8-15(9-13(2,3)16-10)12-7-5-4-6-11(12)14/h10-12H,4-9,14H2,1-3H3. The van der Waals surface area contributed by atoms with Gasteiger partial charge in [-0.25, -0.2) is 0 Å². The maximum atomic E-state index is 6.26. The van der Waals surface area contributed by atoms with Crippen molar-refractivity contribution in [3.05, 3.63) is 0 Å². The van der Waals surface area contributed by atoms with Gasteiger partial charge >= 0.3 is 0 Å². The van der Waals surface area contributed by atoms with Crippen molar-refractivity contribution in [1.82, 2.24) is 4.90 Å². The fraction of sp³-hybridized carbons (Fsp3) is 1.00. The Morgan fingerprint density at radius 3 is 2.56 bits per heavy atom. The third-order valence-corrected chi connectivity index (χ3v) is 3.85. The zero-order chi connectivity index (χ0) is 11.8. The molecule has 0 amide bonds. The lowest BCUT2D eigenvalue weighted by Crippen LogP contribution is -2.59. The lowest BCUT2D eigenvalue weighted by atomic mass is 9.88. The summed E-state index contributed by atoms with van der Waals surface area (Å²) in [5, 5.41) is 0. The molecular weight excluding hydrogens is 200 g/mol. The van der Waals surface area contributed by atoms with Gasteiger partial charge in [-0.1, -0.05) is 12.8 Å². The van der Waals surface area contributed by atoms with Crippen LogP contribution in [0.2, 0.25) is 0 Å². The van der Waals surface area contributed by atoms with Gasteiger partial charge in [0.25, 0.3) is 0 Å². The molecule has 0 radical (unpaired) electrons. The largest absolute Gasteiger partial charge is 0.370 e. The van der Waals surface area contributed by atoms with Crippen LogP contribution in [0.4, 0.5) is 0 Å². The predicted molar refractivity (Wildman–Crippen MR) is 66.4 cm³/mol. The summed E-state index contributed by atoms with van der Waals surface area (Å²) >= 11 is 0. The molecule has 16 heavy (non-hydrogen) atoms. The molecule has 94 valence electrons. The average molecular weight is 226 g/mol. The highest BCUT2D eigenvalue weighted by atomic mass is 16.5. The molecule has 1 aliphatic heterocycles. The molecule has 0 aromatic rings. The van der Waals surface area contributed by atoms with E-state index in [0.717, 1.165) is 13.1 Å². The first-order valence-corrected chi connectivity index (χ1v) is 6.65. The Morgan fingerprint density at radius 2 is 1.94 bits per heavy atom. The topological polar surface area (TPSA) is 38.5 Å². The molecular formula is C13H26N2O. The van der Waals surface area contributed by atoms with E-state index in [0.29, 0.717) is 18.2 Å². The molecule has 0 aromatic heterocycles. The Kier molecular flexibility index (Phi) is 3.57. The van der Waals surface area contributed by atoms with Crippen molar-refractivity contribution in [3.8, 4) is 0 Å². The molecule has 3 nitrogen and oxygen atoms in total. The highest BCUT2D eigenvalue weighted by Gasteiger charge is 2.37. The van der Waals surface area contributed by atoms with Crippen LogP contribution in [0.15, 0.2) is 0 Å². The van der Waals surface area contributed by atoms with Crippen LogP contribution in [0.3, 0.4) is 0 Å². The maximum absolute atomic E-state index is 6.26. The van der Waals surface area contributed by atoms with E-state index < -0.39 is 0 Å². The van der Waals surface area contributed by atoms with Crippen LogP contribution in [0, 0.1) is 0 Å². The molecule has 3 atom stereocenters. The van der Waals surface area contributed by atoms with Crippen LogP contribution in [0.25, 0.3) is 0 Å². The molecule has 1 saturated heterocycles. The monoisotopic (exact) mass is 226 g/mol. The van der Waals surface area contributed by atoms with Crippen molar-refractivity contribution in [2.75, 3.05) is 13.1 Å². The van der Waals surface area contributed by atoms with Crippen molar-refractivity contribution in [2.45, 2.75) is 70.2 Å². The zero-order valence-electron chi connectivity index (χ0n) is 10.9. The van der Waals surface area contributed by atoms with E-state index in [1.54, 1.807) is 0 Å². The fourth-order valence-electron chi connectivity index (χ4n) is 3.35. The molecule has 1 saturated carbocycles. The van der Waals surface area contributed by atoms with Crippen molar-refractivity contribution in [2.24, 2.45) is 5.73 Å². The molecule has 2 aliphatic rings. The van der Waals surface area contributed by atoms with Crippen molar-refractivity contribution in [3.63, 3.8) is 0 Å². The smallest absolute Gasteiger partial charge is 0.0757 e. The van der Waals surface area contributed by atoms with Gasteiger partial charge in [-0.15, -0.1) is 0 Å². The molecule has 0 aromatic carbocycles. The average Bonchev–Trinajstić information content (AvgIpc) is 2.15. The Labute approximate surface area is 99.3 Å². The van der Waals surface area contributed by atoms with Gasteiger partial charge in [-0.3, -0.25) is 4.90 Å². The number of hydrogen-bond acceptors (Lipinski definition) is 3. The first-order chi connectivity index (χ1) is 7.48. The molecule has 2 fully saturated rings. The first kappa shape index (κ1) is 12.3. The van der Waals surface area contributed by atoms with Crippen LogP contribution in [-0.4, -0.2) is 41.8 Å². The zero-order valence-corrected chi connectivity index (χ0v) is 10.9. The van der Waals surface area contributed by atoms with Gasteiger partial charge in [0.05, 0.1) is 11.7 Å². The van der Waals surface area contributed by atoms with E-state index in [9.17, 15) is 0 Å². The number of hydrogen-bond donors (Lipinski definition) is 1. The van der Waals surface area contributed by atoms with Crippen LogP contribution < -0.4 is 5.73 Å². The van der Waals surface area contributed by atoms with E-state index in [2.05, 4.69) is 25.7 Å². The summed E-state index contributed by atoms with van der Waals surface area (Å²) < 4.78 is 5.95. The molecule has 3 unspecified atom stereocenters. The third-order valence-electron chi connectivity index (χ3n) is 3.85. The van der Waals surface area contributed by atoms with Gasteiger partial charge < -0.3 is 10.5 Å². The normalized spacial score (nSPS) is 40.9. The van der Waals surface area contributed by atoms with E-state index in [1.165, 1.54) is 25.7 Å². The lowest BCUT2D eigenvalue weighted by Gasteiger charge is -2.47. The molecule has 2 N–H and O–H groups in total. The summed E-state index contributed by atoms with van der Waals surface area (Å²) in [5.41, 5.74) is 6.24. The molecule has 0 spiro atoms. The van der Waals surface area contributed by atoms with Crippen molar-refractivity contribution in [1.29, 1.82) is 0 Å². The van der Waals surface area contributed by atoms with Gasteiger partial charge in [0.1, 0.15) is 0 Å². The quantitative estimate of drug-likeness (QED) is 0.740. The minimum Gasteiger partial charge on any atom is -0.370 e. The first-order valence-electron chi connectivity index (χ1n) is 6.65. The van der Waals surface area contributed by atoms with Crippen LogP contribution in [-0.2, 0) is 4.74 Å². The Balaban J connectivity index is 2.02. The van der Waals surface area contributed by atoms with Gasteiger partial charge in [0, 0.05) is 25.2 Å². The predicted octanol–water partition coefficient (Wildman–Crippen LogP) is 1.76. The summed E-state index contributed by atoms with van der Waals surface area (Å²) in [6.45, 7) is 8.60. The van der Waals surface area contributed by atoms with Crippen molar-refractivity contribution < 1.29 is 4.74 Å². The maximum Gasteiger partial charge on any atom is 0.0757 e. The second-order valence-corrected chi connectivity index (χ2v) is 6.13.